The van der Waals surface area contributed by atoms with Crippen molar-refractivity contribution in [3.8, 4) is 0 Å². The topological polar surface area (TPSA) is 83.6 Å². The number of hydrogen-bond donors (Lipinski definition) is 2. The van der Waals surface area contributed by atoms with Crippen LogP contribution in [0, 0.1) is 0 Å². The predicted octanol–water partition coefficient (Wildman–Crippen LogP) is 2.11. The molecule has 0 aromatic heterocycles. The summed E-state index contributed by atoms with van der Waals surface area (Å²) < 4.78 is 26.5. The summed E-state index contributed by atoms with van der Waals surface area (Å²) in [6.07, 6.45) is 0. The van der Waals surface area contributed by atoms with Gasteiger partial charge in [-0.25, -0.2) is 8.42 Å². The fourth-order valence-electron chi connectivity index (χ4n) is 1.91. The number of benzene rings is 2. The van der Waals surface area contributed by atoms with Crippen LogP contribution in [0.25, 0.3) is 0 Å². The Bertz CT molecular complexity index is 717. The van der Waals surface area contributed by atoms with Gasteiger partial charge in [0, 0.05) is 5.02 Å². The number of nitrogens with two attached hydrogens (primary N) is 1. The van der Waals surface area contributed by atoms with E-state index in [4.69, 9.17) is 17.3 Å². The molecule has 5 nitrogen and oxygen atoms in total. The lowest BCUT2D eigenvalue weighted by Crippen LogP contribution is -2.34. The minimum Gasteiger partial charge on any atom is -0.397 e. The van der Waals surface area contributed by atoms with Crippen molar-refractivity contribution in [1.29, 1.82) is 0 Å². The molecule has 0 aliphatic carbocycles. The van der Waals surface area contributed by atoms with Gasteiger partial charge in [-0.2, -0.15) is 0 Å². The van der Waals surface area contributed by atoms with Crippen molar-refractivity contribution in [2.75, 3.05) is 23.2 Å². The summed E-state index contributed by atoms with van der Waals surface area (Å²) in [4.78, 5) is 0.0867. The van der Waals surface area contributed by atoms with E-state index in [9.17, 15) is 13.5 Å². The van der Waals surface area contributed by atoms with Gasteiger partial charge in [-0.15, -0.1) is 0 Å². The SMILES string of the molecule is Nc1ccccc1N(CCO)S(=O)(=O)c1ccc(Cl)cc1. The standard InChI is InChI=1S/C14H15ClN2O3S/c15-11-5-7-12(8-6-11)21(19,20)17(9-10-18)14-4-2-1-3-13(14)16/h1-8,18H,9-10,16H2. The molecule has 2 rings (SSSR count). The first kappa shape index (κ1) is 15.6. The van der Waals surface area contributed by atoms with Crippen molar-refractivity contribution in [1.82, 2.24) is 0 Å². The van der Waals surface area contributed by atoms with Gasteiger partial charge in [0.2, 0.25) is 0 Å². The van der Waals surface area contributed by atoms with E-state index in [1.54, 1.807) is 24.3 Å². The number of hydrogen-bond acceptors (Lipinski definition) is 4. The maximum absolute atomic E-state index is 12.7. The van der Waals surface area contributed by atoms with Crippen molar-refractivity contribution >= 4 is 33.0 Å². The predicted molar refractivity (Wildman–Crippen MR) is 83.9 cm³/mol. The largest absolute Gasteiger partial charge is 0.397 e. The van der Waals surface area contributed by atoms with Crippen LogP contribution in [0.5, 0.6) is 0 Å². The molecule has 0 saturated carbocycles. The summed E-state index contributed by atoms with van der Waals surface area (Å²) in [6, 6.07) is 12.4. The maximum Gasteiger partial charge on any atom is 0.264 e. The Kier molecular flexibility index (Phi) is 4.72. The summed E-state index contributed by atoms with van der Waals surface area (Å²) in [5.74, 6) is 0. The number of nitrogens with zero attached hydrogens (tertiary/aromatic N) is 1. The molecule has 112 valence electrons. The zero-order valence-electron chi connectivity index (χ0n) is 11.1. The molecule has 0 fully saturated rings. The number of halogens is 1. The maximum atomic E-state index is 12.7. The van der Waals surface area contributed by atoms with Crippen LogP contribution in [0.4, 0.5) is 11.4 Å². The minimum atomic E-state index is -3.82. The Morgan fingerprint density at radius 2 is 1.71 bits per heavy atom. The lowest BCUT2D eigenvalue weighted by atomic mass is 10.3. The van der Waals surface area contributed by atoms with Gasteiger partial charge in [-0.3, -0.25) is 4.31 Å². The fraction of sp³-hybridized carbons (Fsp3) is 0.143. The number of sulfonamides is 1. The number of aliphatic hydroxyl groups excluding tert-OH is 1. The highest BCUT2D eigenvalue weighted by Gasteiger charge is 2.25. The number of nitrogen functional groups attached to an aromatic ring is 1. The van der Waals surface area contributed by atoms with E-state index >= 15 is 0 Å². The molecule has 7 heteroatoms. The first-order valence-corrected chi connectivity index (χ1v) is 8.02. The lowest BCUT2D eigenvalue weighted by Gasteiger charge is -2.25. The molecule has 2 aromatic carbocycles. The van der Waals surface area contributed by atoms with Gasteiger partial charge in [0.05, 0.1) is 29.4 Å². The van der Waals surface area contributed by atoms with E-state index in [0.29, 0.717) is 16.4 Å². The van der Waals surface area contributed by atoms with Crippen molar-refractivity contribution in [3.63, 3.8) is 0 Å². The summed E-state index contributed by atoms with van der Waals surface area (Å²) in [6.45, 7) is -0.402. The van der Waals surface area contributed by atoms with E-state index in [2.05, 4.69) is 0 Å². The highest BCUT2D eigenvalue weighted by Crippen LogP contribution is 2.28. The number of rotatable bonds is 5. The van der Waals surface area contributed by atoms with Crippen LogP contribution in [0.15, 0.2) is 53.4 Å². The molecule has 0 saturated heterocycles. The van der Waals surface area contributed by atoms with E-state index in [0.717, 1.165) is 4.31 Å². The Hall–Kier alpha value is -1.76. The van der Waals surface area contributed by atoms with Crippen LogP contribution in [-0.2, 0) is 10.0 Å². The van der Waals surface area contributed by atoms with Crippen molar-refractivity contribution in [2.45, 2.75) is 4.90 Å². The van der Waals surface area contributed by atoms with Crippen molar-refractivity contribution in [3.05, 3.63) is 53.6 Å². The highest BCUT2D eigenvalue weighted by atomic mass is 35.5. The van der Waals surface area contributed by atoms with Crippen molar-refractivity contribution in [2.24, 2.45) is 0 Å². The summed E-state index contributed by atoms with van der Waals surface area (Å²) in [5.41, 5.74) is 6.50. The van der Waals surface area contributed by atoms with Gasteiger partial charge in [-0.05, 0) is 36.4 Å². The van der Waals surface area contributed by atoms with Crippen LogP contribution in [0.1, 0.15) is 0 Å². The fourth-order valence-corrected chi connectivity index (χ4v) is 3.52. The van der Waals surface area contributed by atoms with Crippen LogP contribution in [-0.4, -0.2) is 26.7 Å². The zero-order valence-corrected chi connectivity index (χ0v) is 12.7. The van der Waals surface area contributed by atoms with E-state index in [1.807, 2.05) is 0 Å². The molecule has 2 aromatic rings. The van der Waals surface area contributed by atoms with Crippen molar-refractivity contribution < 1.29 is 13.5 Å². The monoisotopic (exact) mass is 326 g/mol. The molecule has 0 spiro atoms. The summed E-state index contributed by atoms with van der Waals surface area (Å²) >= 11 is 5.78. The second-order valence-electron chi connectivity index (χ2n) is 4.31. The van der Waals surface area contributed by atoms with Gasteiger partial charge in [-0.1, -0.05) is 23.7 Å². The molecular weight excluding hydrogens is 312 g/mol. The Morgan fingerprint density at radius 3 is 2.29 bits per heavy atom. The van der Waals surface area contributed by atoms with E-state index in [-0.39, 0.29) is 18.0 Å². The molecule has 0 unspecified atom stereocenters. The van der Waals surface area contributed by atoms with E-state index < -0.39 is 10.0 Å². The third-order valence-corrected chi connectivity index (χ3v) is 4.99. The molecule has 3 N–H and O–H groups in total. The Morgan fingerprint density at radius 1 is 1.10 bits per heavy atom. The lowest BCUT2D eigenvalue weighted by molar-refractivity contribution is 0.306. The molecule has 0 atom stereocenters. The summed E-state index contributed by atoms with van der Waals surface area (Å²) in [7, 11) is -3.82. The second kappa shape index (κ2) is 6.34. The molecule has 0 bridgehead atoms. The average Bonchev–Trinajstić information content (AvgIpc) is 2.46. The first-order valence-electron chi connectivity index (χ1n) is 6.20. The number of aliphatic hydroxyl groups is 1. The van der Waals surface area contributed by atoms with Crippen LogP contribution >= 0.6 is 11.6 Å². The highest BCUT2D eigenvalue weighted by molar-refractivity contribution is 7.92. The van der Waals surface area contributed by atoms with Gasteiger partial charge >= 0.3 is 0 Å². The van der Waals surface area contributed by atoms with Gasteiger partial charge in [0.25, 0.3) is 10.0 Å². The molecule has 0 radical (unpaired) electrons. The Labute approximate surface area is 128 Å². The first-order chi connectivity index (χ1) is 9.96. The molecule has 0 aliphatic rings. The third-order valence-electron chi connectivity index (χ3n) is 2.91. The molecular formula is C14H15ClN2O3S. The van der Waals surface area contributed by atoms with Gasteiger partial charge < -0.3 is 10.8 Å². The van der Waals surface area contributed by atoms with Crippen LogP contribution in [0.3, 0.4) is 0 Å². The van der Waals surface area contributed by atoms with Gasteiger partial charge in [0.15, 0.2) is 0 Å². The summed E-state index contributed by atoms with van der Waals surface area (Å²) in [5, 5.41) is 9.62. The quantitative estimate of drug-likeness (QED) is 0.824. The minimum absolute atomic E-state index is 0.0842. The number of para-hydroxylation sites is 2. The smallest absolute Gasteiger partial charge is 0.264 e. The molecule has 21 heavy (non-hydrogen) atoms. The Balaban J connectivity index is 2.51. The van der Waals surface area contributed by atoms with E-state index in [1.165, 1.54) is 24.3 Å². The average molecular weight is 327 g/mol. The van der Waals surface area contributed by atoms with Crippen LogP contribution in [0.2, 0.25) is 5.02 Å². The van der Waals surface area contributed by atoms with Crippen LogP contribution < -0.4 is 10.0 Å². The molecule has 0 amide bonds. The van der Waals surface area contributed by atoms with Gasteiger partial charge in [0.1, 0.15) is 0 Å². The molecule has 0 aliphatic heterocycles. The normalized spacial score (nSPS) is 11.3. The zero-order chi connectivity index (χ0) is 15.5. The third kappa shape index (κ3) is 3.29. The second-order valence-corrected chi connectivity index (χ2v) is 6.61. The molecule has 0 heterocycles. The number of anilines is 2.